The molecule has 1 aliphatic rings. The third-order valence-electron chi connectivity index (χ3n) is 5.20. The van der Waals surface area contributed by atoms with E-state index in [-0.39, 0.29) is 23.5 Å². The molecule has 1 aliphatic carbocycles. The third-order valence-corrected chi connectivity index (χ3v) is 5.20. The number of esters is 1. The summed E-state index contributed by atoms with van der Waals surface area (Å²) in [5.74, 6) is -0.783. The molecule has 0 aliphatic heterocycles. The normalized spacial score (nSPS) is 19.5. The first-order chi connectivity index (χ1) is 12.8. The van der Waals surface area contributed by atoms with E-state index >= 15 is 0 Å². The summed E-state index contributed by atoms with van der Waals surface area (Å²) in [5.41, 5.74) is -0.322. The summed E-state index contributed by atoms with van der Waals surface area (Å²) in [5, 5.41) is 12.6. The predicted molar refractivity (Wildman–Crippen MR) is 104 cm³/mol. The number of carbonyl (C=O) groups is 2. The Hall–Kier alpha value is -2.31. The summed E-state index contributed by atoms with van der Waals surface area (Å²) in [6.07, 6.45) is 6.04. The van der Waals surface area contributed by atoms with Crippen LogP contribution in [0.25, 0.3) is 0 Å². The molecule has 0 unspecified atom stereocenters. The van der Waals surface area contributed by atoms with Crippen molar-refractivity contribution in [2.24, 2.45) is 16.8 Å². The van der Waals surface area contributed by atoms with Crippen LogP contribution in [0.2, 0.25) is 0 Å². The number of ether oxygens (including phenoxy) is 2. The highest BCUT2D eigenvalue weighted by Crippen LogP contribution is 2.33. The van der Waals surface area contributed by atoms with Crippen LogP contribution in [0.4, 0.5) is 0 Å². The molecular formula is C20H32N2O5. The van der Waals surface area contributed by atoms with E-state index < -0.39 is 23.7 Å². The largest absolute Gasteiger partial charge is 0.503 e. The van der Waals surface area contributed by atoms with Crippen LogP contribution in [0, 0.1) is 11.8 Å². The minimum Gasteiger partial charge on any atom is -0.503 e. The van der Waals surface area contributed by atoms with Crippen LogP contribution < -0.4 is 5.32 Å². The molecule has 7 nitrogen and oxygen atoms in total. The van der Waals surface area contributed by atoms with Crippen LogP contribution in [0.3, 0.4) is 0 Å². The summed E-state index contributed by atoms with van der Waals surface area (Å²) >= 11 is 0. The number of aliphatic imine (C=N–C) groups is 1. The average molecular weight is 380 g/mol. The number of methoxy groups -OCH3 is 1. The molecule has 1 fully saturated rings. The minimum atomic E-state index is -0.892. The number of amides is 1. The number of carbonyl (C=O) groups excluding carboxylic acids is 2. The lowest BCUT2D eigenvalue weighted by Crippen LogP contribution is -2.42. The van der Waals surface area contributed by atoms with Crippen molar-refractivity contribution < 1.29 is 24.2 Å². The Morgan fingerprint density at radius 3 is 2.33 bits per heavy atom. The number of allylic oxidation sites excluding steroid dienone is 1. The van der Waals surface area contributed by atoms with Gasteiger partial charge in [-0.3, -0.25) is 9.79 Å². The molecule has 0 aromatic rings. The van der Waals surface area contributed by atoms with Gasteiger partial charge in [-0.25, -0.2) is 4.79 Å². The maximum Gasteiger partial charge on any atom is 0.328 e. The summed E-state index contributed by atoms with van der Waals surface area (Å²) in [6.45, 7) is 10.4. The molecule has 3 atom stereocenters. The van der Waals surface area contributed by atoms with E-state index in [1.54, 1.807) is 6.92 Å². The van der Waals surface area contributed by atoms with E-state index in [2.05, 4.69) is 24.0 Å². The number of rotatable bonds is 9. The number of nitrogens with zero attached hydrogens (tertiary/aromatic N) is 1. The molecule has 0 radical (unpaired) electrons. The Morgan fingerprint density at radius 2 is 1.85 bits per heavy atom. The lowest BCUT2D eigenvalue weighted by atomic mass is 9.88. The molecule has 1 rings (SSSR count). The van der Waals surface area contributed by atoms with E-state index in [1.165, 1.54) is 45.8 Å². The van der Waals surface area contributed by atoms with Gasteiger partial charge in [0.25, 0.3) is 5.91 Å². The van der Waals surface area contributed by atoms with Crippen molar-refractivity contribution in [2.45, 2.75) is 65.5 Å². The van der Waals surface area contributed by atoms with Crippen LogP contribution in [-0.4, -0.2) is 43.0 Å². The highest BCUT2D eigenvalue weighted by Gasteiger charge is 2.30. The van der Waals surface area contributed by atoms with Gasteiger partial charge in [-0.05, 0) is 45.4 Å². The lowest BCUT2D eigenvalue weighted by molar-refractivity contribution is -0.154. The van der Waals surface area contributed by atoms with Gasteiger partial charge in [-0.1, -0.05) is 32.6 Å². The first kappa shape index (κ1) is 22.7. The fourth-order valence-corrected chi connectivity index (χ4v) is 3.31. The van der Waals surface area contributed by atoms with Crippen molar-refractivity contribution in [3.63, 3.8) is 0 Å². The molecule has 0 aromatic carbocycles. The number of aliphatic hydroxyl groups is 1. The van der Waals surface area contributed by atoms with Crippen LogP contribution >= 0.6 is 0 Å². The number of nitrogens with one attached hydrogen (secondary N) is 1. The Kier molecular flexibility index (Phi) is 9.05. The zero-order valence-corrected chi connectivity index (χ0v) is 16.9. The summed E-state index contributed by atoms with van der Waals surface area (Å²) in [6, 6.07) is -0.892. The van der Waals surface area contributed by atoms with Gasteiger partial charge in [0, 0.05) is 0 Å². The molecule has 1 saturated carbocycles. The van der Waals surface area contributed by atoms with Gasteiger partial charge in [-0.2, -0.15) is 0 Å². The number of hydrogen-bond acceptors (Lipinski definition) is 6. The lowest BCUT2D eigenvalue weighted by Gasteiger charge is -2.26. The molecule has 0 bridgehead atoms. The maximum atomic E-state index is 12.3. The van der Waals surface area contributed by atoms with Crippen molar-refractivity contribution in [1.82, 2.24) is 5.32 Å². The molecule has 27 heavy (non-hydrogen) atoms. The Bertz CT molecular complexity index is 605. The molecule has 7 heteroatoms. The zero-order valence-electron chi connectivity index (χ0n) is 16.9. The minimum absolute atomic E-state index is 0.0850. The standard InChI is InChI=1S/C20H32N2O5/c1-7-16(26-6)18(23)17(21-5)19(24)22-13(3)20(25)27-14(4)12(2)15-10-8-9-11-15/h7,12-15,23H,5,8-11H2,1-4,6H3,(H,22,24)/b16-7+,18-17+/t12-,13-,14+/m0/s1. The van der Waals surface area contributed by atoms with Gasteiger partial charge in [0.1, 0.15) is 12.1 Å². The second-order valence-corrected chi connectivity index (χ2v) is 6.95. The van der Waals surface area contributed by atoms with E-state index in [9.17, 15) is 14.7 Å². The molecule has 152 valence electrons. The summed E-state index contributed by atoms with van der Waals surface area (Å²) in [7, 11) is 1.36. The molecule has 2 N–H and O–H groups in total. The Labute approximate surface area is 161 Å². The van der Waals surface area contributed by atoms with Gasteiger partial charge in [-0.15, -0.1) is 0 Å². The molecule has 0 saturated heterocycles. The highest BCUT2D eigenvalue weighted by molar-refractivity contribution is 5.97. The molecule has 0 heterocycles. The van der Waals surface area contributed by atoms with E-state index in [0.717, 1.165) is 0 Å². The second-order valence-electron chi connectivity index (χ2n) is 6.95. The fourth-order valence-electron chi connectivity index (χ4n) is 3.31. The van der Waals surface area contributed by atoms with Crippen molar-refractivity contribution in [2.75, 3.05) is 7.11 Å². The van der Waals surface area contributed by atoms with E-state index in [4.69, 9.17) is 9.47 Å². The SMILES string of the molecule is C=N/C(C(=O)N[C@@H](C)C(=O)O[C@H](C)[C@H](C)C1CCCC1)=C(O)\C(=C/C)OC. The smallest absolute Gasteiger partial charge is 0.328 e. The van der Waals surface area contributed by atoms with E-state index in [1.807, 2.05) is 6.92 Å². The second kappa shape index (κ2) is 10.7. The first-order valence-corrected chi connectivity index (χ1v) is 9.38. The Balaban J connectivity index is 2.71. The van der Waals surface area contributed by atoms with Crippen LogP contribution in [0.5, 0.6) is 0 Å². The summed E-state index contributed by atoms with van der Waals surface area (Å²) in [4.78, 5) is 28.2. The molecule has 1 amide bonds. The molecular weight excluding hydrogens is 348 g/mol. The Morgan fingerprint density at radius 1 is 1.26 bits per heavy atom. The van der Waals surface area contributed by atoms with Crippen LogP contribution in [0.1, 0.15) is 53.4 Å². The quantitative estimate of drug-likeness (QED) is 0.210. The van der Waals surface area contributed by atoms with Crippen molar-refractivity contribution in [3.05, 3.63) is 23.3 Å². The van der Waals surface area contributed by atoms with E-state index in [0.29, 0.717) is 5.92 Å². The van der Waals surface area contributed by atoms with Crippen LogP contribution in [-0.2, 0) is 19.1 Å². The van der Waals surface area contributed by atoms with Gasteiger partial charge in [0.05, 0.1) is 7.11 Å². The van der Waals surface area contributed by atoms with Crippen molar-refractivity contribution in [1.29, 1.82) is 0 Å². The zero-order chi connectivity index (χ0) is 20.6. The summed E-state index contributed by atoms with van der Waals surface area (Å²) < 4.78 is 10.5. The first-order valence-electron chi connectivity index (χ1n) is 9.38. The van der Waals surface area contributed by atoms with Crippen molar-refractivity contribution in [3.8, 4) is 0 Å². The van der Waals surface area contributed by atoms with Gasteiger partial charge in [0.2, 0.25) is 0 Å². The maximum absolute atomic E-state index is 12.3. The fraction of sp³-hybridized carbons (Fsp3) is 0.650. The third kappa shape index (κ3) is 6.12. The van der Waals surface area contributed by atoms with Gasteiger partial charge in [0.15, 0.2) is 17.2 Å². The number of hydrogen-bond donors (Lipinski definition) is 2. The molecule has 0 aromatic heterocycles. The highest BCUT2D eigenvalue weighted by atomic mass is 16.5. The van der Waals surface area contributed by atoms with Crippen molar-refractivity contribution >= 4 is 18.6 Å². The number of aliphatic hydroxyl groups excluding tert-OH is 1. The van der Waals surface area contributed by atoms with Gasteiger partial charge < -0.3 is 19.9 Å². The monoisotopic (exact) mass is 380 g/mol. The molecule has 0 spiro atoms. The predicted octanol–water partition coefficient (Wildman–Crippen LogP) is 3.27. The topological polar surface area (TPSA) is 97.2 Å². The average Bonchev–Trinajstić information content (AvgIpc) is 3.17. The van der Waals surface area contributed by atoms with Crippen LogP contribution in [0.15, 0.2) is 28.3 Å². The van der Waals surface area contributed by atoms with Gasteiger partial charge >= 0.3 is 5.97 Å².